The summed E-state index contributed by atoms with van der Waals surface area (Å²) >= 11 is 0. The van der Waals surface area contributed by atoms with E-state index >= 15 is 0 Å². The average Bonchev–Trinajstić information content (AvgIpc) is 3.21. The van der Waals surface area contributed by atoms with E-state index in [0.29, 0.717) is 25.0 Å². The van der Waals surface area contributed by atoms with Gasteiger partial charge >= 0.3 is 6.09 Å². The van der Waals surface area contributed by atoms with Crippen LogP contribution in [0.1, 0.15) is 64.7 Å². The lowest BCUT2D eigenvalue weighted by atomic mass is 9.56. The number of ether oxygens (including phenoxy) is 2. The third-order valence-corrected chi connectivity index (χ3v) is 7.47. The van der Waals surface area contributed by atoms with Crippen LogP contribution in [0.2, 0.25) is 0 Å². The first-order valence-corrected chi connectivity index (χ1v) is 10.8. The summed E-state index contributed by atoms with van der Waals surface area (Å²) in [6, 6.07) is 4.17. The molecule has 2 aliphatic carbocycles. The Morgan fingerprint density at radius 1 is 1.29 bits per heavy atom. The van der Waals surface area contributed by atoms with E-state index in [1.807, 2.05) is 12.1 Å². The molecule has 2 heterocycles. The lowest BCUT2D eigenvalue weighted by molar-refractivity contribution is -0.170. The first-order chi connectivity index (χ1) is 13.5. The van der Waals surface area contributed by atoms with Gasteiger partial charge in [-0.25, -0.2) is 4.79 Å². The Morgan fingerprint density at radius 2 is 2.07 bits per heavy atom. The summed E-state index contributed by atoms with van der Waals surface area (Å²) in [4.78, 5) is 12.4. The van der Waals surface area contributed by atoms with Crippen molar-refractivity contribution in [1.82, 2.24) is 5.32 Å². The Hall–Kier alpha value is -1.75. The SMILES string of the molecule is CC1=CC(C)[C@]2(COC(=O)NC3CCCCC3)COC(c3ccco3)C1[C@H]2C. The van der Waals surface area contributed by atoms with Crippen LogP contribution in [0.5, 0.6) is 0 Å². The molecule has 1 aromatic rings. The van der Waals surface area contributed by atoms with Crippen molar-refractivity contribution in [3.8, 4) is 0 Å². The maximum absolute atomic E-state index is 12.4. The summed E-state index contributed by atoms with van der Waals surface area (Å²) in [5.41, 5.74) is 1.14. The topological polar surface area (TPSA) is 60.7 Å². The van der Waals surface area contributed by atoms with Crippen LogP contribution in [0.25, 0.3) is 0 Å². The van der Waals surface area contributed by atoms with Gasteiger partial charge in [-0.1, -0.05) is 44.8 Å². The van der Waals surface area contributed by atoms with Crippen LogP contribution in [0, 0.1) is 23.2 Å². The second kappa shape index (κ2) is 7.94. The van der Waals surface area contributed by atoms with E-state index in [1.54, 1.807) is 6.26 Å². The van der Waals surface area contributed by atoms with Gasteiger partial charge in [-0.05, 0) is 43.7 Å². The fraction of sp³-hybridized carbons (Fsp3) is 0.696. The summed E-state index contributed by atoms with van der Waals surface area (Å²) in [7, 11) is 0. The monoisotopic (exact) mass is 387 g/mol. The van der Waals surface area contributed by atoms with Crippen LogP contribution in [0.15, 0.2) is 34.5 Å². The Bertz CT molecular complexity index is 706. The van der Waals surface area contributed by atoms with E-state index in [0.717, 1.165) is 18.6 Å². The molecule has 0 radical (unpaired) electrons. The first kappa shape index (κ1) is 19.6. The maximum atomic E-state index is 12.4. The number of allylic oxidation sites excluding steroid dienone is 1. The van der Waals surface area contributed by atoms with Gasteiger partial charge in [0.25, 0.3) is 0 Å². The molecule has 0 aromatic carbocycles. The number of alkyl carbamates (subject to hydrolysis) is 1. The fourth-order valence-corrected chi connectivity index (χ4v) is 5.62. The quantitative estimate of drug-likeness (QED) is 0.717. The highest BCUT2D eigenvalue weighted by molar-refractivity contribution is 5.67. The van der Waals surface area contributed by atoms with E-state index in [-0.39, 0.29) is 29.6 Å². The molecule has 1 saturated carbocycles. The Morgan fingerprint density at radius 3 is 2.79 bits per heavy atom. The number of furan rings is 1. The predicted molar refractivity (Wildman–Crippen MR) is 107 cm³/mol. The van der Waals surface area contributed by atoms with Crippen molar-refractivity contribution in [2.45, 2.75) is 65.0 Å². The second-order valence-electron chi connectivity index (χ2n) is 9.05. The van der Waals surface area contributed by atoms with E-state index in [1.165, 1.54) is 24.8 Å². The van der Waals surface area contributed by atoms with Crippen LogP contribution in [-0.4, -0.2) is 25.3 Å². The maximum Gasteiger partial charge on any atom is 0.407 e. The van der Waals surface area contributed by atoms with Gasteiger partial charge in [0.1, 0.15) is 18.5 Å². The molecule has 2 bridgehead atoms. The Labute approximate surface area is 167 Å². The van der Waals surface area contributed by atoms with Crippen molar-refractivity contribution in [3.63, 3.8) is 0 Å². The van der Waals surface area contributed by atoms with Crippen molar-refractivity contribution in [1.29, 1.82) is 0 Å². The number of nitrogens with one attached hydrogen (secondary N) is 1. The largest absolute Gasteiger partial charge is 0.467 e. The highest BCUT2D eigenvalue weighted by atomic mass is 16.6. The minimum absolute atomic E-state index is 0.0714. The summed E-state index contributed by atoms with van der Waals surface area (Å²) in [5.74, 6) is 1.74. The smallest absolute Gasteiger partial charge is 0.407 e. The molecule has 3 aliphatic rings. The van der Waals surface area contributed by atoms with Gasteiger partial charge in [0, 0.05) is 17.4 Å². The Balaban J connectivity index is 1.46. The summed E-state index contributed by atoms with van der Waals surface area (Å²) in [6.45, 7) is 7.63. The van der Waals surface area contributed by atoms with Crippen LogP contribution >= 0.6 is 0 Å². The number of fused-ring (bicyclic) bond motifs is 2. The van der Waals surface area contributed by atoms with Gasteiger partial charge in [-0.3, -0.25) is 0 Å². The average molecular weight is 388 g/mol. The summed E-state index contributed by atoms with van der Waals surface area (Å²) in [5, 5.41) is 3.07. The number of carbonyl (C=O) groups excluding carboxylic acids is 1. The first-order valence-electron chi connectivity index (χ1n) is 10.8. The normalized spacial score (nSPS) is 35.9. The zero-order chi connectivity index (χ0) is 19.7. The predicted octanol–water partition coefficient (Wildman–Crippen LogP) is 5.24. The molecule has 154 valence electrons. The second-order valence-corrected chi connectivity index (χ2v) is 9.05. The van der Waals surface area contributed by atoms with Gasteiger partial charge in [-0.15, -0.1) is 0 Å². The summed E-state index contributed by atoms with van der Waals surface area (Å²) in [6.07, 6.45) is 9.46. The molecule has 1 amide bonds. The molecule has 1 aromatic heterocycles. The van der Waals surface area contributed by atoms with Crippen molar-refractivity contribution < 1.29 is 18.7 Å². The minimum atomic E-state index is -0.281. The van der Waals surface area contributed by atoms with Crippen LogP contribution in [0.3, 0.4) is 0 Å². The molecule has 2 fully saturated rings. The molecule has 4 rings (SSSR count). The van der Waals surface area contributed by atoms with E-state index in [2.05, 4.69) is 32.2 Å². The number of hydrogen-bond acceptors (Lipinski definition) is 4. The third kappa shape index (κ3) is 3.49. The van der Waals surface area contributed by atoms with E-state index < -0.39 is 0 Å². The van der Waals surface area contributed by atoms with Crippen molar-refractivity contribution >= 4 is 6.09 Å². The molecule has 1 N–H and O–H groups in total. The van der Waals surface area contributed by atoms with E-state index in [4.69, 9.17) is 13.9 Å². The number of rotatable bonds is 4. The molecule has 1 saturated heterocycles. The van der Waals surface area contributed by atoms with Crippen molar-refractivity contribution in [3.05, 3.63) is 35.8 Å². The molecule has 5 atom stereocenters. The van der Waals surface area contributed by atoms with Crippen molar-refractivity contribution in [2.24, 2.45) is 23.2 Å². The van der Waals surface area contributed by atoms with Crippen molar-refractivity contribution in [2.75, 3.05) is 13.2 Å². The lowest BCUT2D eigenvalue weighted by Gasteiger charge is -2.54. The number of amides is 1. The number of carbonyl (C=O) groups is 1. The van der Waals surface area contributed by atoms with Gasteiger partial charge in [0.2, 0.25) is 0 Å². The summed E-state index contributed by atoms with van der Waals surface area (Å²) < 4.78 is 17.8. The zero-order valence-electron chi connectivity index (χ0n) is 17.3. The zero-order valence-corrected chi connectivity index (χ0v) is 17.3. The van der Waals surface area contributed by atoms with Gasteiger partial charge in [-0.2, -0.15) is 0 Å². The van der Waals surface area contributed by atoms with E-state index in [9.17, 15) is 4.79 Å². The van der Waals surface area contributed by atoms with Gasteiger partial charge in [0.15, 0.2) is 0 Å². The highest BCUT2D eigenvalue weighted by Crippen LogP contribution is 2.56. The molecular formula is C23H33NO4. The molecule has 5 heteroatoms. The molecule has 3 unspecified atom stereocenters. The third-order valence-electron chi connectivity index (χ3n) is 7.47. The molecule has 5 nitrogen and oxygen atoms in total. The molecule has 28 heavy (non-hydrogen) atoms. The lowest BCUT2D eigenvalue weighted by Crippen LogP contribution is -2.55. The van der Waals surface area contributed by atoms with Gasteiger partial charge < -0.3 is 19.2 Å². The van der Waals surface area contributed by atoms with Gasteiger partial charge in [0.05, 0.1) is 12.9 Å². The Kier molecular flexibility index (Phi) is 5.55. The van der Waals surface area contributed by atoms with Crippen LogP contribution in [0.4, 0.5) is 4.79 Å². The number of hydrogen-bond donors (Lipinski definition) is 1. The fourth-order valence-electron chi connectivity index (χ4n) is 5.62. The molecule has 1 aliphatic heterocycles. The molecule has 0 spiro atoms. The van der Waals surface area contributed by atoms with Crippen LogP contribution < -0.4 is 5.32 Å². The molecular weight excluding hydrogens is 354 g/mol. The minimum Gasteiger partial charge on any atom is -0.467 e. The standard InChI is InChI=1S/C23H33NO4/c1-15-12-16(2)23(14-28-22(25)24-18-8-5-4-6-9-18)13-27-21(20(15)17(23)3)19-10-7-11-26-19/h7,10-12,16-18,20-21H,4-6,8-9,13-14H2,1-3H3,(H,24,25)/t16?,17-,20?,21?,23-/m1/s1. The highest BCUT2D eigenvalue weighted by Gasteiger charge is 2.55. The van der Waals surface area contributed by atoms with Crippen LogP contribution in [-0.2, 0) is 9.47 Å².